The van der Waals surface area contributed by atoms with Crippen LogP contribution in [0.3, 0.4) is 0 Å². The quantitative estimate of drug-likeness (QED) is 0.778. The molecule has 5 heteroatoms. The van der Waals surface area contributed by atoms with E-state index in [1.165, 1.54) is 0 Å². The Balaban J connectivity index is 2.57. The second-order valence-corrected chi connectivity index (χ2v) is 4.47. The van der Waals surface area contributed by atoms with Crippen LogP contribution in [0.15, 0.2) is 22.8 Å². The third-order valence-electron chi connectivity index (χ3n) is 2.81. The number of nitriles is 1. The number of amides is 1. The highest BCUT2D eigenvalue weighted by atomic mass is 16.3. The summed E-state index contributed by atoms with van der Waals surface area (Å²) in [4.78, 5) is 13.9. The number of carbonyl (C=O) groups excluding carboxylic acids is 1. The molecule has 1 atom stereocenters. The van der Waals surface area contributed by atoms with Crippen LogP contribution in [0, 0.1) is 11.3 Å². The fourth-order valence-electron chi connectivity index (χ4n) is 1.88. The molecule has 1 N–H and O–H groups in total. The summed E-state index contributed by atoms with van der Waals surface area (Å²) < 4.78 is 5.25. The Morgan fingerprint density at radius 2 is 2.42 bits per heavy atom. The molecule has 1 aromatic rings. The van der Waals surface area contributed by atoms with E-state index < -0.39 is 0 Å². The zero-order valence-electron chi connectivity index (χ0n) is 11.6. The highest BCUT2D eigenvalue weighted by Crippen LogP contribution is 2.08. The maximum atomic E-state index is 12.2. The number of carbonyl (C=O) groups is 1. The Morgan fingerprint density at radius 3 is 3.00 bits per heavy atom. The van der Waals surface area contributed by atoms with E-state index >= 15 is 0 Å². The molecule has 0 aliphatic heterocycles. The Bertz CT molecular complexity index is 409. The van der Waals surface area contributed by atoms with E-state index in [4.69, 9.17) is 9.68 Å². The molecule has 0 saturated heterocycles. The second-order valence-electron chi connectivity index (χ2n) is 4.47. The van der Waals surface area contributed by atoms with Crippen molar-refractivity contribution in [1.29, 1.82) is 5.26 Å². The SMILES string of the molecule is CCNC(C)CC(=O)N(CCC#N)Cc1ccco1. The molecule has 0 spiro atoms. The number of nitrogens with one attached hydrogen (secondary N) is 1. The van der Waals surface area contributed by atoms with Gasteiger partial charge in [0.05, 0.1) is 25.3 Å². The van der Waals surface area contributed by atoms with Gasteiger partial charge in [0.2, 0.25) is 5.91 Å². The predicted molar refractivity (Wildman–Crippen MR) is 72.1 cm³/mol. The van der Waals surface area contributed by atoms with Crippen LogP contribution in [-0.4, -0.2) is 29.9 Å². The molecule has 0 saturated carbocycles. The Morgan fingerprint density at radius 1 is 1.63 bits per heavy atom. The van der Waals surface area contributed by atoms with Crippen molar-refractivity contribution in [2.45, 2.75) is 39.3 Å². The van der Waals surface area contributed by atoms with Crippen LogP contribution in [0.1, 0.15) is 32.4 Å². The van der Waals surface area contributed by atoms with Crippen molar-refractivity contribution >= 4 is 5.91 Å². The predicted octanol–water partition coefficient (Wildman–Crippen LogP) is 1.91. The smallest absolute Gasteiger partial charge is 0.224 e. The number of hydrogen-bond donors (Lipinski definition) is 1. The van der Waals surface area contributed by atoms with Gasteiger partial charge in [0.25, 0.3) is 0 Å². The fraction of sp³-hybridized carbons (Fsp3) is 0.571. The molecule has 1 heterocycles. The molecule has 1 rings (SSSR count). The largest absolute Gasteiger partial charge is 0.467 e. The Labute approximate surface area is 114 Å². The monoisotopic (exact) mass is 263 g/mol. The first-order chi connectivity index (χ1) is 9.17. The molecule has 19 heavy (non-hydrogen) atoms. The maximum absolute atomic E-state index is 12.2. The number of nitrogens with zero attached hydrogens (tertiary/aromatic N) is 2. The van der Waals surface area contributed by atoms with Crippen LogP contribution < -0.4 is 5.32 Å². The molecule has 1 unspecified atom stereocenters. The van der Waals surface area contributed by atoms with E-state index in [0.29, 0.717) is 25.9 Å². The lowest BCUT2D eigenvalue weighted by molar-refractivity contribution is -0.132. The average Bonchev–Trinajstić information content (AvgIpc) is 2.87. The molecule has 0 aliphatic rings. The van der Waals surface area contributed by atoms with Crippen LogP contribution in [0.5, 0.6) is 0 Å². The average molecular weight is 263 g/mol. The zero-order chi connectivity index (χ0) is 14.1. The van der Waals surface area contributed by atoms with Gasteiger partial charge >= 0.3 is 0 Å². The summed E-state index contributed by atoms with van der Waals surface area (Å²) in [5, 5.41) is 11.9. The van der Waals surface area contributed by atoms with E-state index in [0.717, 1.165) is 12.3 Å². The minimum absolute atomic E-state index is 0.0418. The van der Waals surface area contributed by atoms with E-state index in [1.54, 1.807) is 17.2 Å². The lowest BCUT2D eigenvalue weighted by Crippen LogP contribution is -2.37. The molecule has 0 bridgehead atoms. The topological polar surface area (TPSA) is 69.3 Å². The summed E-state index contributed by atoms with van der Waals surface area (Å²) in [6, 6.07) is 5.84. The highest BCUT2D eigenvalue weighted by molar-refractivity contribution is 5.76. The standard InChI is InChI=1S/C14H21N3O2/c1-3-16-12(2)10-14(18)17(8-5-7-15)11-13-6-4-9-19-13/h4,6,9,12,16H,3,5,8,10-11H2,1-2H3. The minimum Gasteiger partial charge on any atom is -0.467 e. The van der Waals surface area contributed by atoms with Crippen LogP contribution in [0.2, 0.25) is 0 Å². The summed E-state index contributed by atoms with van der Waals surface area (Å²) in [5.74, 6) is 0.780. The van der Waals surface area contributed by atoms with Crippen molar-refractivity contribution in [3.8, 4) is 6.07 Å². The molecular formula is C14H21N3O2. The first kappa shape index (κ1) is 15.3. The highest BCUT2D eigenvalue weighted by Gasteiger charge is 2.17. The summed E-state index contributed by atoms with van der Waals surface area (Å²) in [7, 11) is 0. The maximum Gasteiger partial charge on any atom is 0.224 e. The molecule has 0 aliphatic carbocycles. The summed E-state index contributed by atoms with van der Waals surface area (Å²) >= 11 is 0. The first-order valence-corrected chi connectivity index (χ1v) is 6.57. The van der Waals surface area contributed by atoms with Crippen LogP contribution in [-0.2, 0) is 11.3 Å². The van der Waals surface area contributed by atoms with E-state index in [1.807, 2.05) is 19.9 Å². The summed E-state index contributed by atoms with van der Waals surface area (Å²) in [6.07, 6.45) is 2.35. The van der Waals surface area contributed by atoms with Crippen molar-refractivity contribution in [2.24, 2.45) is 0 Å². The van der Waals surface area contributed by atoms with E-state index in [2.05, 4.69) is 11.4 Å². The van der Waals surface area contributed by atoms with Crippen LogP contribution >= 0.6 is 0 Å². The van der Waals surface area contributed by atoms with Crippen LogP contribution in [0.25, 0.3) is 0 Å². The van der Waals surface area contributed by atoms with Crippen molar-refractivity contribution in [2.75, 3.05) is 13.1 Å². The molecule has 104 valence electrons. The third-order valence-corrected chi connectivity index (χ3v) is 2.81. The van der Waals surface area contributed by atoms with Gasteiger partial charge in [-0.15, -0.1) is 0 Å². The lowest BCUT2D eigenvalue weighted by atomic mass is 10.2. The lowest BCUT2D eigenvalue weighted by Gasteiger charge is -2.22. The van der Waals surface area contributed by atoms with Crippen LogP contribution in [0.4, 0.5) is 0 Å². The van der Waals surface area contributed by atoms with E-state index in [-0.39, 0.29) is 11.9 Å². The third kappa shape index (κ3) is 5.58. The molecule has 5 nitrogen and oxygen atoms in total. The van der Waals surface area contributed by atoms with Gasteiger partial charge < -0.3 is 14.6 Å². The number of rotatable bonds is 8. The minimum atomic E-state index is 0.0418. The van der Waals surface area contributed by atoms with Gasteiger partial charge in [-0.2, -0.15) is 5.26 Å². The fourth-order valence-corrected chi connectivity index (χ4v) is 1.88. The van der Waals surface area contributed by atoms with Gasteiger partial charge in [0.1, 0.15) is 5.76 Å². The van der Waals surface area contributed by atoms with Gasteiger partial charge in [-0.3, -0.25) is 4.79 Å². The Hall–Kier alpha value is -1.80. The van der Waals surface area contributed by atoms with Crippen molar-refractivity contribution in [3.05, 3.63) is 24.2 Å². The molecule has 0 radical (unpaired) electrons. The van der Waals surface area contributed by atoms with Crippen molar-refractivity contribution in [3.63, 3.8) is 0 Å². The number of furan rings is 1. The van der Waals surface area contributed by atoms with Gasteiger partial charge in [-0.25, -0.2) is 0 Å². The zero-order valence-corrected chi connectivity index (χ0v) is 11.6. The van der Waals surface area contributed by atoms with Crippen molar-refractivity contribution < 1.29 is 9.21 Å². The normalized spacial score (nSPS) is 11.8. The molecule has 0 fully saturated rings. The van der Waals surface area contributed by atoms with E-state index in [9.17, 15) is 4.79 Å². The van der Waals surface area contributed by atoms with Gasteiger partial charge in [-0.1, -0.05) is 6.92 Å². The second kappa shape index (κ2) is 8.33. The Kier molecular flexibility index (Phi) is 6.69. The summed E-state index contributed by atoms with van der Waals surface area (Å²) in [6.45, 7) is 5.69. The van der Waals surface area contributed by atoms with Gasteiger partial charge in [0, 0.05) is 19.0 Å². The van der Waals surface area contributed by atoms with Crippen molar-refractivity contribution in [1.82, 2.24) is 10.2 Å². The molecule has 0 aromatic carbocycles. The molecular weight excluding hydrogens is 242 g/mol. The number of hydrogen-bond acceptors (Lipinski definition) is 4. The molecule has 1 aromatic heterocycles. The van der Waals surface area contributed by atoms with Gasteiger partial charge in [-0.05, 0) is 25.6 Å². The molecule has 1 amide bonds. The van der Waals surface area contributed by atoms with Gasteiger partial charge in [0.15, 0.2) is 0 Å². The summed E-state index contributed by atoms with van der Waals surface area (Å²) in [5.41, 5.74) is 0. The first-order valence-electron chi connectivity index (χ1n) is 6.57.